The first kappa shape index (κ1) is 16.1. The summed E-state index contributed by atoms with van der Waals surface area (Å²) >= 11 is 0. The van der Waals surface area contributed by atoms with E-state index in [0.29, 0.717) is 18.6 Å². The summed E-state index contributed by atoms with van der Waals surface area (Å²) in [6, 6.07) is 8.97. The molecule has 21 heavy (non-hydrogen) atoms. The zero-order chi connectivity index (χ0) is 14.9. The largest absolute Gasteiger partial charge is 0.371 e. The Morgan fingerprint density at radius 1 is 0.905 bits per heavy atom. The van der Waals surface area contributed by atoms with E-state index < -0.39 is 0 Å². The molecular formula is C19H29NO. The van der Waals surface area contributed by atoms with Gasteiger partial charge >= 0.3 is 0 Å². The molecule has 1 aliphatic heterocycles. The van der Waals surface area contributed by atoms with Crippen LogP contribution in [0.25, 0.3) is 0 Å². The van der Waals surface area contributed by atoms with Crippen LogP contribution in [0.5, 0.6) is 0 Å². The molecule has 1 aromatic rings. The lowest BCUT2D eigenvalue weighted by Gasteiger charge is -2.28. The quantitative estimate of drug-likeness (QED) is 0.643. The van der Waals surface area contributed by atoms with Gasteiger partial charge in [0.2, 0.25) is 0 Å². The summed E-state index contributed by atoms with van der Waals surface area (Å²) in [6.45, 7) is 4.03. The third-order valence-corrected chi connectivity index (χ3v) is 4.44. The summed E-state index contributed by atoms with van der Waals surface area (Å²) < 4.78 is 0. The fourth-order valence-electron chi connectivity index (χ4n) is 3.00. The molecule has 1 aromatic carbocycles. The van der Waals surface area contributed by atoms with Crippen molar-refractivity contribution < 1.29 is 4.79 Å². The number of rotatable bonds is 8. The smallest absolute Gasteiger partial charge is 0.136 e. The first-order chi connectivity index (χ1) is 10.3. The van der Waals surface area contributed by atoms with Gasteiger partial charge in [-0.1, -0.05) is 51.2 Å². The molecule has 0 saturated carbocycles. The standard InChI is InChI=1S/C19H29NO/c1-2-3-4-5-6-7-8-17-9-11-18(12-10-17)20-15-13-19(21)14-16-20/h9-12H,2-8,13-16H2,1H3. The van der Waals surface area contributed by atoms with Crippen LogP contribution in [0, 0.1) is 0 Å². The third-order valence-electron chi connectivity index (χ3n) is 4.44. The van der Waals surface area contributed by atoms with Crippen molar-refractivity contribution in [2.24, 2.45) is 0 Å². The van der Waals surface area contributed by atoms with E-state index in [9.17, 15) is 4.79 Å². The number of hydrogen-bond donors (Lipinski definition) is 0. The van der Waals surface area contributed by atoms with E-state index in [-0.39, 0.29) is 0 Å². The maximum absolute atomic E-state index is 11.3. The zero-order valence-corrected chi connectivity index (χ0v) is 13.4. The summed E-state index contributed by atoms with van der Waals surface area (Å²) in [5.41, 5.74) is 2.72. The Bertz CT molecular complexity index is 414. The minimum atomic E-state index is 0.408. The van der Waals surface area contributed by atoms with Gasteiger partial charge in [-0.3, -0.25) is 4.79 Å². The summed E-state index contributed by atoms with van der Waals surface area (Å²) in [5, 5.41) is 0. The summed E-state index contributed by atoms with van der Waals surface area (Å²) in [5.74, 6) is 0.408. The highest BCUT2D eigenvalue weighted by atomic mass is 16.1. The maximum atomic E-state index is 11.3. The van der Waals surface area contributed by atoms with Crippen LogP contribution in [0.1, 0.15) is 63.9 Å². The molecule has 1 aliphatic rings. The van der Waals surface area contributed by atoms with Gasteiger partial charge < -0.3 is 4.90 Å². The van der Waals surface area contributed by atoms with Gasteiger partial charge in [-0.15, -0.1) is 0 Å². The van der Waals surface area contributed by atoms with Gasteiger partial charge in [-0.05, 0) is 30.5 Å². The molecule has 0 aliphatic carbocycles. The zero-order valence-electron chi connectivity index (χ0n) is 13.4. The van der Waals surface area contributed by atoms with Crippen LogP contribution in [0.2, 0.25) is 0 Å². The summed E-state index contributed by atoms with van der Waals surface area (Å²) in [4.78, 5) is 13.6. The van der Waals surface area contributed by atoms with Gasteiger partial charge in [0.15, 0.2) is 0 Å². The van der Waals surface area contributed by atoms with Gasteiger partial charge in [-0.2, -0.15) is 0 Å². The second kappa shape index (κ2) is 8.86. The highest BCUT2D eigenvalue weighted by Crippen LogP contribution is 2.20. The lowest BCUT2D eigenvalue weighted by molar-refractivity contribution is -0.119. The van der Waals surface area contributed by atoms with Crippen molar-refractivity contribution in [3.63, 3.8) is 0 Å². The Balaban J connectivity index is 1.70. The third kappa shape index (κ3) is 5.53. The number of Topliss-reactive ketones (excluding diaryl/α,β-unsaturated/α-hetero) is 1. The van der Waals surface area contributed by atoms with E-state index in [1.54, 1.807) is 0 Å². The number of carbonyl (C=O) groups excluding carboxylic acids is 1. The van der Waals surface area contributed by atoms with Crippen molar-refractivity contribution in [3.8, 4) is 0 Å². The van der Waals surface area contributed by atoms with Gasteiger partial charge in [0.05, 0.1) is 0 Å². The van der Waals surface area contributed by atoms with Crippen molar-refractivity contribution in [2.45, 2.75) is 64.7 Å². The minimum absolute atomic E-state index is 0.408. The first-order valence-corrected chi connectivity index (χ1v) is 8.65. The minimum Gasteiger partial charge on any atom is -0.371 e. The van der Waals surface area contributed by atoms with E-state index in [1.807, 2.05) is 0 Å². The average Bonchev–Trinajstić information content (AvgIpc) is 2.52. The van der Waals surface area contributed by atoms with Gasteiger partial charge in [-0.25, -0.2) is 0 Å². The Kier molecular flexibility index (Phi) is 6.78. The van der Waals surface area contributed by atoms with E-state index in [0.717, 1.165) is 13.1 Å². The second-order valence-electron chi connectivity index (χ2n) is 6.21. The molecule has 0 unspecified atom stereocenters. The molecule has 1 saturated heterocycles. The van der Waals surface area contributed by atoms with Crippen LogP contribution in [0.3, 0.4) is 0 Å². The number of aryl methyl sites for hydroxylation is 1. The lowest BCUT2D eigenvalue weighted by atomic mass is 10.0. The van der Waals surface area contributed by atoms with E-state index in [1.165, 1.54) is 56.2 Å². The number of nitrogens with zero attached hydrogens (tertiary/aromatic N) is 1. The fraction of sp³-hybridized carbons (Fsp3) is 0.632. The van der Waals surface area contributed by atoms with Crippen LogP contribution in [0.15, 0.2) is 24.3 Å². The van der Waals surface area contributed by atoms with Crippen molar-refractivity contribution >= 4 is 11.5 Å². The van der Waals surface area contributed by atoms with Gasteiger partial charge in [0.25, 0.3) is 0 Å². The van der Waals surface area contributed by atoms with Gasteiger partial charge in [0, 0.05) is 31.6 Å². The lowest BCUT2D eigenvalue weighted by Crippen LogP contribution is -2.33. The van der Waals surface area contributed by atoms with Crippen LogP contribution < -0.4 is 4.90 Å². The number of ketones is 1. The maximum Gasteiger partial charge on any atom is 0.136 e. The van der Waals surface area contributed by atoms with Crippen LogP contribution in [-0.4, -0.2) is 18.9 Å². The molecule has 116 valence electrons. The number of piperidine rings is 1. The molecule has 0 bridgehead atoms. The molecule has 0 spiro atoms. The molecule has 2 heteroatoms. The Hall–Kier alpha value is -1.31. The van der Waals surface area contributed by atoms with Crippen LogP contribution in [0.4, 0.5) is 5.69 Å². The molecule has 0 atom stereocenters. The molecule has 1 heterocycles. The summed E-state index contributed by atoms with van der Waals surface area (Å²) in [7, 11) is 0. The molecule has 2 rings (SSSR count). The SMILES string of the molecule is CCCCCCCCc1ccc(N2CCC(=O)CC2)cc1. The number of unbranched alkanes of at least 4 members (excludes halogenated alkanes) is 5. The highest BCUT2D eigenvalue weighted by Gasteiger charge is 2.15. The molecule has 0 radical (unpaired) electrons. The Morgan fingerprint density at radius 2 is 1.52 bits per heavy atom. The Morgan fingerprint density at radius 3 is 2.19 bits per heavy atom. The predicted octanol–water partition coefficient (Wildman–Crippen LogP) is 4.76. The number of anilines is 1. The van der Waals surface area contributed by atoms with Crippen LogP contribution in [-0.2, 0) is 11.2 Å². The van der Waals surface area contributed by atoms with E-state index in [2.05, 4.69) is 36.1 Å². The first-order valence-electron chi connectivity index (χ1n) is 8.65. The van der Waals surface area contributed by atoms with Crippen molar-refractivity contribution in [1.29, 1.82) is 0 Å². The van der Waals surface area contributed by atoms with Crippen molar-refractivity contribution in [3.05, 3.63) is 29.8 Å². The highest BCUT2D eigenvalue weighted by molar-refractivity contribution is 5.81. The normalized spacial score (nSPS) is 15.5. The monoisotopic (exact) mass is 287 g/mol. The fourth-order valence-corrected chi connectivity index (χ4v) is 3.00. The number of hydrogen-bond acceptors (Lipinski definition) is 2. The Labute approximate surface area is 129 Å². The molecule has 2 nitrogen and oxygen atoms in total. The van der Waals surface area contributed by atoms with Crippen LogP contribution >= 0.6 is 0 Å². The molecule has 0 aromatic heterocycles. The number of carbonyl (C=O) groups is 1. The number of benzene rings is 1. The predicted molar refractivity (Wildman–Crippen MR) is 90.0 cm³/mol. The molecule has 0 amide bonds. The molecular weight excluding hydrogens is 258 g/mol. The second-order valence-corrected chi connectivity index (χ2v) is 6.21. The summed E-state index contributed by atoms with van der Waals surface area (Å²) in [6.07, 6.45) is 10.8. The topological polar surface area (TPSA) is 20.3 Å². The molecule has 1 fully saturated rings. The van der Waals surface area contributed by atoms with E-state index >= 15 is 0 Å². The van der Waals surface area contributed by atoms with E-state index in [4.69, 9.17) is 0 Å². The van der Waals surface area contributed by atoms with Crippen molar-refractivity contribution in [1.82, 2.24) is 0 Å². The van der Waals surface area contributed by atoms with Crippen molar-refractivity contribution in [2.75, 3.05) is 18.0 Å². The molecule has 0 N–H and O–H groups in total. The van der Waals surface area contributed by atoms with Gasteiger partial charge in [0.1, 0.15) is 5.78 Å². The average molecular weight is 287 g/mol.